The molecule has 1 aromatic carbocycles. The van der Waals surface area contributed by atoms with E-state index in [0.717, 1.165) is 18.5 Å². The molecule has 3 rings (SSSR count). The molecule has 110 valence electrons. The van der Waals surface area contributed by atoms with Gasteiger partial charge < -0.3 is 5.32 Å². The maximum Gasteiger partial charge on any atom is 0.0472 e. The first-order chi connectivity index (χ1) is 9.86. The van der Waals surface area contributed by atoms with E-state index in [1.54, 1.807) is 0 Å². The van der Waals surface area contributed by atoms with Gasteiger partial charge in [0.2, 0.25) is 0 Å². The summed E-state index contributed by atoms with van der Waals surface area (Å²) in [5.74, 6) is 0.957. The average molecular weight is 272 g/mol. The van der Waals surface area contributed by atoms with Crippen LogP contribution in [0.5, 0.6) is 0 Å². The van der Waals surface area contributed by atoms with E-state index in [4.69, 9.17) is 0 Å². The van der Waals surface area contributed by atoms with Crippen molar-refractivity contribution in [3.05, 3.63) is 35.9 Å². The Morgan fingerprint density at radius 1 is 1.10 bits per heavy atom. The second kappa shape index (κ2) is 6.73. The number of nitrogens with zero attached hydrogens (tertiary/aromatic N) is 1. The molecule has 2 aliphatic rings. The van der Waals surface area contributed by atoms with Crippen LogP contribution >= 0.6 is 0 Å². The lowest BCUT2D eigenvalue weighted by Crippen LogP contribution is -2.41. The van der Waals surface area contributed by atoms with E-state index in [-0.39, 0.29) is 0 Å². The fraction of sp³-hybridized carbons (Fsp3) is 0.667. The van der Waals surface area contributed by atoms with Gasteiger partial charge in [-0.25, -0.2) is 0 Å². The van der Waals surface area contributed by atoms with Crippen LogP contribution < -0.4 is 5.32 Å². The Morgan fingerprint density at radius 3 is 2.40 bits per heavy atom. The fourth-order valence-electron chi connectivity index (χ4n) is 3.37. The van der Waals surface area contributed by atoms with Crippen LogP contribution in [0, 0.1) is 5.92 Å². The molecule has 20 heavy (non-hydrogen) atoms. The molecule has 1 aromatic rings. The topological polar surface area (TPSA) is 15.3 Å². The molecule has 2 heteroatoms. The van der Waals surface area contributed by atoms with Crippen molar-refractivity contribution in [3.63, 3.8) is 0 Å². The van der Waals surface area contributed by atoms with E-state index in [1.165, 1.54) is 50.8 Å². The minimum absolute atomic E-state index is 0.564. The maximum atomic E-state index is 3.74. The first-order valence-corrected chi connectivity index (χ1v) is 8.39. The van der Waals surface area contributed by atoms with E-state index in [2.05, 4.69) is 47.5 Å². The molecule has 0 radical (unpaired) electrons. The van der Waals surface area contributed by atoms with E-state index >= 15 is 0 Å². The molecule has 2 fully saturated rings. The highest BCUT2D eigenvalue weighted by molar-refractivity contribution is 5.19. The standard InChI is InChI=1S/C18H28N2/c1-2-15-10-12-20(13-11-15)18(14-19-17-8-9-17)16-6-4-3-5-7-16/h3-7,15,17-19H,2,8-14H2,1H3. The normalized spacial score (nSPS) is 22.9. The summed E-state index contributed by atoms with van der Waals surface area (Å²) in [6.07, 6.45) is 6.86. The number of rotatable bonds is 6. The fourth-order valence-corrected chi connectivity index (χ4v) is 3.37. The number of piperidine rings is 1. The van der Waals surface area contributed by atoms with Gasteiger partial charge in [-0.15, -0.1) is 0 Å². The lowest BCUT2D eigenvalue weighted by molar-refractivity contribution is 0.128. The summed E-state index contributed by atoms with van der Waals surface area (Å²) in [4.78, 5) is 2.71. The van der Waals surface area contributed by atoms with Gasteiger partial charge in [0.05, 0.1) is 0 Å². The number of hydrogen-bond acceptors (Lipinski definition) is 2. The van der Waals surface area contributed by atoms with E-state index in [1.807, 2.05) is 0 Å². The van der Waals surface area contributed by atoms with Crippen molar-refractivity contribution in [2.45, 2.75) is 51.1 Å². The zero-order chi connectivity index (χ0) is 13.8. The molecule has 1 saturated carbocycles. The maximum absolute atomic E-state index is 3.74. The molecular weight excluding hydrogens is 244 g/mol. The van der Waals surface area contributed by atoms with Crippen LogP contribution in [0.2, 0.25) is 0 Å². The molecule has 1 atom stereocenters. The molecular formula is C18H28N2. The molecule has 0 aromatic heterocycles. The molecule has 1 unspecified atom stereocenters. The zero-order valence-electron chi connectivity index (χ0n) is 12.7. The van der Waals surface area contributed by atoms with Crippen molar-refractivity contribution >= 4 is 0 Å². The third-order valence-electron chi connectivity index (χ3n) is 5.03. The first-order valence-electron chi connectivity index (χ1n) is 8.39. The number of nitrogens with one attached hydrogen (secondary N) is 1. The highest BCUT2D eigenvalue weighted by Crippen LogP contribution is 2.29. The number of benzene rings is 1. The third kappa shape index (κ3) is 3.62. The minimum Gasteiger partial charge on any atom is -0.312 e. The van der Waals surface area contributed by atoms with Crippen molar-refractivity contribution < 1.29 is 0 Å². The molecule has 1 aliphatic carbocycles. The minimum atomic E-state index is 0.564. The van der Waals surface area contributed by atoms with Crippen LogP contribution in [0.1, 0.15) is 50.6 Å². The van der Waals surface area contributed by atoms with E-state index in [9.17, 15) is 0 Å². The van der Waals surface area contributed by atoms with Gasteiger partial charge in [0.1, 0.15) is 0 Å². The molecule has 0 amide bonds. The summed E-state index contributed by atoms with van der Waals surface area (Å²) >= 11 is 0. The summed E-state index contributed by atoms with van der Waals surface area (Å²) in [5, 5.41) is 3.74. The average Bonchev–Trinajstić information content (AvgIpc) is 3.33. The highest BCUT2D eigenvalue weighted by atomic mass is 15.2. The molecule has 0 spiro atoms. The summed E-state index contributed by atoms with van der Waals surface area (Å²) < 4.78 is 0. The molecule has 0 bridgehead atoms. The summed E-state index contributed by atoms with van der Waals surface area (Å²) in [7, 11) is 0. The summed E-state index contributed by atoms with van der Waals surface area (Å²) in [6.45, 7) is 5.99. The second-order valence-electron chi connectivity index (χ2n) is 6.50. The van der Waals surface area contributed by atoms with Gasteiger partial charge >= 0.3 is 0 Å². The van der Waals surface area contributed by atoms with Crippen molar-refractivity contribution in [3.8, 4) is 0 Å². The van der Waals surface area contributed by atoms with Crippen LogP contribution in [0.15, 0.2) is 30.3 Å². The number of hydrogen-bond donors (Lipinski definition) is 1. The Hall–Kier alpha value is -0.860. The van der Waals surface area contributed by atoms with Crippen molar-refractivity contribution in [1.82, 2.24) is 10.2 Å². The predicted molar refractivity (Wildman–Crippen MR) is 84.8 cm³/mol. The van der Waals surface area contributed by atoms with Gasteiger partial charge in [-0.1, -0.05) is 43.7 Å². The van der Waals surface area contributed by atoms with Crippen molar-refractivity contribution in [2.24, 2.45) is 5.92 Å². The summed E-state index contributed by atoms with van der Waals surface area (Å²) in [6, 6.07) is 12.4. The Bertz CT molecular complexity index is 391. The van der Waals surface area contributed by atoms with Crippen LogP contribution in [0.4, 0.5) is 0 Å². The third-order valence-corrected chi connectivity index (χ3v) is 5.03. The first kappa shape index (κ1) is 14.1. The Balaban J connectivity index is 1.65. The van der Waals surface area contributed by atoms with Crippen LogP contribution in [0.25, 0.3) is 0 Å². The quantitative estimate of drug-likeness (QED) is 0.851. The second-order valence-corrected chi connectivity index (χ2v) is 6.50. The Labute approximate surface area is 123 Å². The smallest absolute Gasteiger partial charge is 0.0472 e. The number of likely N-dealkylation sites (tertiary alicyclic amines) is 1. The van der Waals surface area contributed by atoms with E-state index < -0.39 is 0 Å². The Kier molecular flexibility index (Phi) is 4.74. The largest absolute Gasteiger partial charge is 0.312 e. The lowest BCUT2D eigenvalue weighted by atomic mass is 9.92. The molecule has 1 saturated heterocycles. The van der Waals surface area contributed by atoms with Crippen molar-refractivity contribution in [1.29, 1.82) is 0 Å². The monoisotopic (exact) mass is 272 g/mol. The highest BCUT2D eigenvalue weighted by Gasteiger charge is 2.28. The molecule has 2 nitrogen and oxygen atoms in total. The van der Waals surface area contributed by atoms with Gasteiger partial charge in [0.15, 0.2) is 0 Å². The predicted octanol–water partition coefficient (Wildman–Crippen LogP) is 3.60. The van der Waals surface area contributed by atoms with Gasteiger partial charge in [0, 0.05) is 18.6 Å². The van der Waals surface area contributed by atoms with Gasteiger partial charge in [0.25, 0.3) is 0 Å². The van der Waals surface area contributed by atoms with Crippen LogP contribution in [-0.4, -0.2) is 30.6 Å². The zero-order valence-corrected chi connectivity index (χ0v) is 12.7. The van der Waals surface area contributed by atoms with Gasteiger partial charge in [-0.3, -0.25) is 4.90 Å². The van der Waals surface area contributed by atoms with Gasteiger partial charge in [-0.2, -0.15) is 0 Å². The Morgan fingerprint density at radius 2 is 1.80 bits per heavy atom. The van der Waals surface area contributed by atoms with Gasteiger partial charge in [-0.05, 0) is 50.3 Å². The summed E-state index contributed by atoms with van der Waals surface area (Å²) in [5.41, 5.74) is 1.48. The van der Waals surface area contributed by atoms with E-state index in [0.29, 0.717) is 6.04 Å². The molecule has 1 aliphatic heterocycles. The SMILES string of the molecule is CCC1CCN(C(CNC2CC2)c2ccccc2)CC1. The van der Waals surface area contributed by atoms with Crippen molar-refractivity contribution in [2.75, 3.05) is 19.6 Å². The lowest BCUT2D eigenvalue weighted by Gasteiger charge is -2.38. The van der Waals surface area contributed by atoms with Crippen LogP contribution in [0.3, 0.4) is 0 Å². The molecule has 1 heterocycles. The molecule has 1 N–H and O–H groups in total. The van der Waals surface area contributed by atoms with Crippen LogP contribution in [-0.2, 0) is 0 Å².